The molecule has 1 heterocycles. The SMILES string of the molecule is CCOc1ccccc1CNC(=NC)NCc1cccc(Cn2cccn2)c1.I. The van der Waals surface area contributed by atoms with Crippen LogP contribution in [0, 0.1) is 0 Å². The molecule has 7 heteroatoms. The van der Waals surface area contributed by atoms with Gasteiger partial charge in [0, 0.05) is 38.1 Å². The molecule has 2 N–H and O–H groups in total. The Balaban J connectivity index is 0.00000300. The second-order valence-corrected chi connectivity index (χ2v) is 6.34. The van der Waals surface area contributed by atoms with E-state index in [9.17, 15) is 0 Å². The molecule has 0 aliphatic heterocycles. The summed E-state index contributed by atoms with van der Waals surface area (Å²) in [6, 6.07) is 18.5. The number of halogens is 1. The summed E-state index contributed by atoms with van der Waals surface area (Å²) in [7, 11) is 1.78. The van der Waals surface area contributed by atoms with Crippen LogP contribution in [0.2, 0.25) is 0 Å². The normalized spacial score (nSPS) is 10.9. The van der Waals surface area contributed by atoms with E-state index in [4.69, 9.17) is 4.74 Å². The molecule has 3 rings (SSSR count). The quantitative estimate of drug-likeness (QED) is 0.278. The lowest BCUT2D eigenvalue weighted by Crippen LogP contribution is -2.36. The number of benzene rings is 2. The molecule has 0 fully saturated rings. The van der Waals surface area contributed by atoms with E-state index in [1.807, 2.05) is 42.1 Å². The minimum atomic E-state index is 0. The number of rotatable bonds is 8. The Hall–Kier alpha value is -2.55. The van der Waals surface area contributed by atoms with Crippen LogP contribution in [0.1, 0.15) is 23.6 Å². The van der Waals surface area contributed by atoms with E-state index in [0.29, 0.717) is 19.7 Å². The summed E-state index contributed by atoms with van der Waals surface area (Å²) in [6.45, 7) is 4.75. The third-order valence-electron chi connectivity index (χ3n) is 4.30. The lowest BCUT2D eigenvalue weighted by Gasteiger charge is -2.14. The zero-order chi connectivity index (χ0) is 19.6. The van der Waals surface area contributed by atoms with Crippen molar-refractivity contribution < 1.29 is 4.74 Å². The van der Waals surface area contributed by atoms with Crippen molar-refractivity contribution in [1.82, 2.24) is 20.4 Å². The maximum atomic E-state index is 5.68. The highest BCUT2D eigenvalue weighted by Gasteiger charge is 2.05. The number of hydrogen-bond donors (Lipinski definition) is 2. The fourth-order valence-electron chi connectivity index (χ4n) is 2.95. The molecule has 2 aromatic carbocycles. The summed E-state index contributed by atoms with van der Waals surface area (Å²) in [5, 5.41) is 11.0. The summed E-state index contributed by atoms with van der Waals surface area (Å²) in [5.74, 6) is 1.66. The number of aliphatic imine (C=N–C) groups is 1. The summed E-state index contributed by atoms with van der Waals surface area (Å²) in [4.78, 5) is 4.32. The van der Waals surface area contributed by atoms with E-state index in [1.165, 1.54) is 11.1 Å². The lowest BCUT2D eigenvalue weighted by atomic mass is 10.1. The minimum absolute atomic E-state index is 0. The summed E-state index contributed by atoms with van der Waals surface area (Å²) in [6.07, 6.45) is 3.77. The van der Waals surface area contributed by atoms with Crippen LogP contribution in [0.4, 0.5) is 0 Å². The molecule has 0 bridgehead atoms. The van der Waals surface area contributed by atoms with Gasteiger partial charge in [-0.05, 0) is 30.2 Å². The first kappa shape index (κ1) is 22.7. The predicted octanol–water partition coefficient (Wildman–Crippen LogP) is 3.81. The molecule has 0 saturated heterocycles. The van der Waals surface area contributed by atoms with Crippen LogP contribution in [0.3, 0.4) is 0 Å². The van der Waals surface area contributed by atoms with Gasteiger partial charge >= 0.3 is 0 Å². The van der Waals surface area contributed by atoms with E-state index in [0.717, 1.165) is 23.8 Å². The number of hydrogen-bond acceptors (Lipinski definition) is 3. The van der Waals surface area contributed by atoms with Gasteiger partial charge in [0.2, 0.25) is 0 Å². The van der Waals surface area contributed by atoms with Crippen molar-refractivity contribution in [2.24, 2.45) is 4.99 Å². The molecule has 0 aliphatic carbocycles. The molecule has 0 aliphatic rings. The van der Waals surface area contributed by atoms with Gasteiger partial charge in [-0.2, -0.15) is 5.10 Å². The Morgan fingerprint density at radius 1 is 1.03 bits per heavy atom. The fourth-order valence-corrected chi connectivity index (χ4v) is 2.95. The zero-order valence-corrected chi connectivity index (χ0v) is 19.2. The molecule has 1 aromatic heterocycles. The first-order chi connectivity index (χ1) is 13.8. The Morgan fingerprint density at radius 3 is 2.59 bits per heavy atom. The molecule has 0 atom stereocenters. The van der Waals surface area contributed by atoms with Crippen molar-refractivity contribution in [2.45, 2.75) is 26.6 Å². The zero-order valence-electron chi connectivity index (χ0n) is 16.8. The van der Waals surface area contributed by atoms with Crippen molar-refractivity contribution in [3.8, 4) is 5.75 Å². The smallest absolute Gasteiger partial charge is 0.191 e. The van der Waals surface area contributed by atoms with Crippen LogP contribution in [0.25, 0.3) is 0 Å². The third-order valence-corrected chi connectivity index (χ3v) is 4.30. The van der Waals surface area contributed by atoms with Gasteiger partial charge in [0.25, 0.3) is 0 Å². The number of nitrogens with zero attached hydrogens (tertiary/aromatic N) is 3. The Morgan fingerprint density at radius 2 is 1.83 bits per heavy atom. The highest BCUT2D eigenvalue weighted by Crippen LogP contribution is 2.17. The largest absolute Gasteiger partial charge is 0.494 e. The number of aromatic nitrogens is 2. The molecule has 154 valence electrons. The molecular weight excluding hydrogens is 477 g/mol. The predicted molar refractivity (Wildman–Crippen MR) is 128 cm³/mol. The number of ether oxygens (including phenoxy) is 1. The first-order valence-electron chi connectivity index (χ1n) is 9.49. The van der Waals surface area contributed by atoms with Gasteiger partial charge in [-0.1, -0.05) is 42.5 Å². The van der Waals surface area contributed by atoms with Crippen LogP contribution >= 0.6 is 24.0 Å². The topological polar surface area (TPSA) is 63.5 Å². The molecule has 0 unspecified atom stereocenters. The summed E-state index contributed by atoms with van der Waals surface area (Å²) in [5.41, 5.74) is 3.52. The van der Waals surface area contributed by atoms with Crippen LogP contribution in [0.5, 0.6) is 5.75 Å². The van der Waals surface area contributed by atoms with Gasteiger partial charge in [0.1, 0.15) is 5.75 Å². The maximum absolute atomic E-state index is 5.68. The highest BCUT2D eigenvalue weighted by atomic mass is 127. The monoisotopic (exact) mass is 505 g/mol. The van der Waals surface area contributed by atoms with Gasteiger partial charge < -0.3 is 15.4 Å². The Bertz CT molecular complexity index is 896. The van der Waals surface area contributed by atoms with Gasteiger partial charge in [0.15, 0.2) is 5.96 Å². The summed E-state index contributed by atoms with van der Waals surface area (Å²) < 4.78 is 7.60. The van der Waals surface area contributed by atoms with Crippen molar-refractivity contribution in [2.75, 3.05) is 13.7 Å². The van der Waals surface area contributed by atoms with Crippen LogP contribution in [-0.2, 0) is 19.6 Å². The summed E-state index contributed by atoms with van der Waals surface area (Å²) >= 11 is 0. The molecule has 0 radical (unpaired) electrons. The highest BCUT2D eigenvalue weighted by molar-refractivity contribution is 14.0. The molecule has 29 heavy (non-hydrogen) atoms. The van der Waals surface area contributed by atoms with E-state index in [1.54, 1.807) is 13.2 Å². The van der Waals surface area contributed by atoms with E-state index in [2.05, 4.69) is 51.1 Å². The van der Waals surface area contributed by atoms with Crippen LogP contribution in [-0.4, -0.2) is 29.4 Å². The average Bonchev–Trinajstić information content (AvgIpc) is 3.23. The van der Waals surface area contributed by atoms with Gasteiger partial charge in [-0.25, -0.2) is 0 Å². The van der Waals surface area contributed by atoms with E-state index >= 15 is 0 Å². The Kier molecular flexibility index (Phi) is 9.49. The van der Waals surface area contributed by atoms with Crippen LogP contribution in [0.15, 0.2) is 72.0 Å². The minimum Gasteiger partial charge on any atom is -0.494 e. The van der Waals surface area contributed by atoms with Crippen molar-refractivity contribution >= 4 is 29.9 Å². The average molecular weight is 505 g/mol. The second-order valence-electron chi connectivity index (χ2n) is 6.34. The van der Waals surface area contributed by atoms with Gasteiger partial charge in [0.05, 0.1) is 13.2 Å². The molecule has 0 amide bonds. The Labute approximate surface area is 189 Å². The van der Waals surface area contributed by atoms with Crippen molar-refractivity contribution in [3.63, 3.8) is 0 Å². The van der Waals surface area contributed by atoms with E-state index < -0.39 is 0 Å². The van der Waals surface area contributed by atoms with E-state index in [-0.39, 0.29) is 24.0 Å². The van der Waals surface area contributed by atoms with Crippen LogP contribution < -0.4 is 15.4 Å². The van der Waals surface area contributed by atoms with Crippen molar-refractivity contribution in [3.05, 3.63) is 83.7 Å². The van der Waals surface area contributed by atoms with Crippen molar-refractivity contribution in [1.29, 1.82) is 0 Å². The molecule has 0 spiro atoms. The second kappa shape index (κ2) is 12.1. The van der Waals surface area contributed by atoms with Gasteiger partial charge in [-0.15, -0.1) is 24.0 Å². The molecule has 6 nitrogen and oxygen atoms in total. The molecular formula is C22H28IN5O. The van der Waals surface area contributed by atoms with Gasteiger partial charge in [-0.3, -0.25) is 9.67 Å². The molecule has 0 saturated carbocycles. The maximum Gasteiger partial charge on any atom is 0.191 e. The lowest BCUT2D eigenvalue weighted by molar-refractivity contribution is 0.336. The molecule has 3 aromatic rings. The standard InChI is InChI=1S/C22H27N5O.HI/c1-3-28-21-11-5-4-10-20(21)16-25-22(23-2)24-15-18-8-6-9-19(14-18)17-27-13-7-12-26-27;/h4-14H,3,15-17H2,1-2H3,(H2,23,24,25);1H. The third kappa shape index (κ3) is 7.08. The number of para-hydroxylation sites is 1. The number of guanidine groups is 1. The first-order valence-corrected chi connectivity index (χ1v) is 9.49. The number of nitrogens with one attached hydrogen (secondary N) is 2. The fraction of sp³-hybridized carbons (Fsp3) is 0.273.